The Morgan fingerprint density at radius 3 is 2.36 bits per heavy atom. The van der Waals surface area contributed by atoms with Crippen molar-refractivity contribution < 1.29 is 4.79 Å². The number of hydrazone groups is 1. The quantitative estimate of drug-likeness (QED) is 0.448. The predicted molar refractivity (Wildman–Crippen MR) is 131 cm³/mol. The van der Waals surface area contributed by atoms with Crippen LogP contribution in [0, 0.1) is 6.92 Å². The van der Waals surface area contributed by atoms with Crippen LogP contribution in [0.15, 0.2) is 70.6 Å². The van der Waals surface area contributed by atoms with Gasteiger partial charge in [0, 0.05) is 43.0 Å². The number of carbonyl (C=O) groups is 1. The smallest absolute Gasteiger partial charge is 0.267 e. The van der Waals surface area contributed by atoms with E-state index in [0.717, 1.165) is 47.7 Å². The van der Waals surface area contributed by atoms with E-state index < -0.39 is 5.91 Å². The summed E-state index contributed by atoms with van der Waals surface area (Å²) in [7, 11) is 0. The molecule has 4 rings (SSSR count). The maximum Gasteiger partial charge on any atom is 0.267 e. The van der Waals surface area contributed by atoms with Gasteiger partial charge in [-0.2, -0.15) is 10.2 Å². The second-order valence-corrected chi connectivity index (χ2v) is 8.28. The Morgan fingerprint density at radius 1 is 1.00 bits per heavy atom. The molecular weight excluding hydrogens is 440 g/mol. The highest BCUT2D eigenvalue weighted by Gasteiger charge is 2.19. The Balaban J connectivity index is 1.34. The molecule has 170 valence electrons. The average molecular weight is 465 g/mol. The van der Waals surface area contributed by atoms with Gasteiger partial charge in [-0.1, -0.05) is 41.4 Å². The normalized spacial score (nSPS) is 14.0. The zero-order valence-electron chi connectivity index (χ0n) is 18.3. The SMILES string of the molecule is Cc1ccc(/C=N/NC(=O)Cn2nc(N3CCN(c4ccc(Cl)cc4)CC3)ccc2=O)cc1. The van der Waals surface area contributed by atoms with Crippen LogP contribution >= 0.6 is 11.6 Å². The fraction of sp³-hybridized carbons (Fsp3) is 0.250. The van der Waals surface area contributed by atoms with Crippen LogP contribution in [0.2, 0.25) is 5.02 Å². The Labute approximate surface area is 197 Å². The summed E-state index contributed by atoms with van der Waals surface area (Å²) in [5, 5.41) is 9.08. The molecule has 0 spiro atoms. The van der Waals surface area contributed by atoms with Crippen molar-refractivity contribution in [1.29, 1.82) is 0 Å². The first-order chi connectivity index (χ1) is 16.0. The monoisotopic (exact) mass is 464 g/mol. The Kier molecular flexibility index (Phi) is 7.04. The summed E-state index contributed by atoms with van der Waals surface area (Å²) in [4.78, 5) is 28.9. The molecule has 3 aromatic rings. The van der Waals surface area contributed by atoms with Crippen molar-refractivity contribution in [2.24, 2.45) is 5.10 Å². The summed E-state index contributed by atoms with van der Waals surface area (Å²) in [6, 6.07) is 18.7. The number of aromatic nitrogens is 2. The highest BCUT2D eigenvalue weighted by Crippen LogP contribution is 2.20. The van der Waals surface area contributed by atoms with E-state index in [0.29, 0.717) is 10.8 Å². The lowest BCUT2D eigenvalue weighted by Gasteiger charge is -2.36. The number of carbonyl (C=O) groups excluding carboxylic acids is 1. The number of rotatable bonds is 6. The topological polar surface area (TPSA) is 82.8 Å². The summed E-state index contributed by atoms with van der Waals surface area (Å²) in [6.07, 6.45) is 1.56. The maximum atomic E-state index is 12.3. The summed E-state index contributed by atoms with van der Waals surface area (Å²) < 4.78 is 1.16. The molecule has 0 atom stereocenters. The summed E-state index contributed by atoms with van der Waals surface area (Å²) in [6.45, 7) is 4.93. The zero-order chi connectivity index (χ0) is 23.2. The van der Waals surface area contributed by atoms with Gasteiger partial charge in [-0.05, 0) is 42.8 Å². The molecule has 1 aliphatic rings. The second-order valence-electron chi connectivity index (χ2n) is 7.84. The number of anilines is 2. The lowest BCUT2D eigenvalue weighted by Crippen LogP contribution is -2.47. The average Bonchev–Trinajstić information content (AvgIpc) is 2.82. The Morgan fingerprint density at radius 2 is 1.67 bits per heavy atom. The Bertz CT molecular complexity index is 1180. The van der Waals surface area contributed by atoms with Gasteiger partial charge in [0.25, 0.3) is 11.5 Å². The van der Waals surface area contributed by atoms with E-state index in [2.05, 4.69) is 25.4 Å². The third-order valence-electron chi connectivity index (χ3n) is 5.42. The highest BCUT2D eigenvalue weighted by molar-refractivity contribution is 6.30. The summed E-state index contributed by atoms with van der Waals surface area (Å²) >= 11 is 5.98. The van der Waals surface area contributed by atoms with Crippen LogP contribution in [-0.4, -0.2) is 48.1 Å². The number of piperazine rings is 1. The van der Waals surface area contributed by atoms with Gasteiger partial charge in [-0.3, -0.25) is 9.59 Å². The summed E-state index contributed by atoms with van der Waals surface area (Å²) in [5.74, 6) is 0.249. The molecule has 2 aromatic carbocycles. The lowest BCUT2D eigenvalue weighted by molar-refractivity contribution is -0.121. The molecule has 0 unspecified atom stereocenters. The second kappa shape index (κ2) is 10.3. The van der Waals surface area contributed by atoms with Crippen LogP contribution < -0.4 is 20.8 Å². The van der Waals surface area contributed by atoms with Gasteiger partial charge in [-0.25, -0.2) is 10.1 Å². The van der Waals surface area contributed by atoms with Crippen molar-refractivity contribution in [2.45, 2.75) is 13.5 Å². The van der Waals surface area contributed by atoms with Gasteiger partial charge < -0.3 is 9.80 Å². The van der Waals surface area contributed by atoms with Crippen LogP contribution in [0.5, 0.6) is 0 Å². The van der Waals surface area contributed by atoms with Crippen LogP contribution in [0.4, 0.5) is 11.5 Å². The fourth-order valence-electron chi connectivity index (χ4n) is 3.57. The number of benzene rings is 2. The number of halogens is 1. The van der Waals surface area contributed by atoms with Crippen LogP contribution in [0.3, 0.4) is 0 Å². The van der Waals surface area contributed by atoms with E-state index in [1.165, 1.54) is 6.07 Å². The van der Waals surface area contributed by atoms with Gasteiger partial charge in [0.05, 0.1) is 6.21 Å². The van der Waals surface area contributed by atoms with Crippen molar-refractivity contribution >= 4 is 35.2 Å². The third kappa shape index (κ3) is 5.98. The third-order valence-corrected chi connectivity index (χ3v) is 5.67. The minimum atomic E-state index is -0.419. The molecule has 0 saturated carbocycles. The van der Waals surface area contributed by atoms with Gasteiger partial charge in [0.1, 0.15) is 12.4 Å². The molecule has 8 nitrogen and oxygen atoms in total. The molecule has 0 bridgehead atoms. The van der Waals surface area contributed by atoms with Crippen molar-refractivity contribution in [3.8, 4) is 0 Å². The molecule has 2 heterocycles. The zero-order valence-corrected chi connectivity index (χ0v) is 19.1. The number of hydrogen-bond acceptors (Lipinski definition) is 6. The van der Waals surface area contributed by atoms with Gasteiger partial charge in [-0.15, -0.1) is 0 Å². The Hall–Kier alpha value is -3.65. The van der Waals surface area contributed by atoms with Crippen molar-refractivity contribution in [3.63, 3.8) is 0 Å². The molecule has 1 aromatic heterocycles. The fourth-order valence-corrected chi connectivity index (χ4v) is 3.69. The van der Waals surface area contributed by atoms with Crippen LogP contribution in [0.1, 0.15) is 11.1 Å². The van der Waals surface area contributed by atoms with Crippen LogP contribution in [0.25, 0.3) is 0 Å². The van der Waals surface area contributed by atoms with E-state index >= 15 is 0 Å². The first-order valence-electron chi connectivity index (χ1n) is 10.7. The standard InChI is InChI=1S/C24H25ClN6O2/c1-18-2-4-19(5-3-18)16-26-27-23(32)17-31-24(33)11-10-22(28-31)30-14-12-29(13-15-30)21-8-6-20(25)7-9-21/h2-11,16H,12-15,17H2,1H3,(H,27,32)/b26-16+. The van der Waals surface area contributed by atoms with Crippen molar-refractivity contribution in [3.05, 3.63) is 87.2 Å². The molecule has 0 aliphatic carbocycles. The first-order valence-corrected chi connectivity index (χ1v) is 11.1. The number of nitrogens with one attached hydrogen (secondary N) is 1. The number of nitrogens with zero attached hydrogens (tertiary/aromatic N) is 5. The van der Waals surface area contributed by atoms with E-state index in [4.69, 9.17) is 11.6 Å². The molecule has 1 amide bonds. The molecule has 1 N–H and O–H groups in total. The van der Waals surface area contributed by atoms with E-state index in [1.807, 2.05) is 55.5 Å². The molecule has 1 fully saturated rings. The molecule has 9 heteroatoms. The van der Waals surface area contributed by atoms with E-state index in [-0.39, 0.29) is 12.1 Å². The lowest BCUT2D eigenvalue weighted by atomic mass is 10.2. The molecule has 33 heavy (non-hydrogen) atoms. The van der Waals surface area contributed by atoms with E-state index in [9.17, 15) is 9.59 Å². The predicted octanol–water partition coefficient (Wildman–Crippen LogP) is 2.68. The van der Waals surface area contributed by atoms with Crippen molar-refractivity contribution in [2.75, 3.05) is 36.0 Å². The van der Waals surface area contributed by atoms with Gasteiger partial charge in [0.15, 0.2) is 0 Å². The highest BCUT2D eigenvalue weighted by atomic mass is 35.5. The van der Waals surface area contributed by atoms with Crippen molar-refractivity contribution in [1.82, 2.24) is 15.2 Å². The molecule has 1 aliphatic heterocycles. The van der Waals surface area contributed by atoms with Crippen LogP contribution in [-0.2, 0) is 11.3 Å². The maximum absolute atomic E-state index is 12.3. The molecule has 1 saturated heterocycles. The summed E-state index contributed by atoms with van der Waals surface area (Å²) in [5.41, 5.74) is 5.25. The van der Waals surface area contributed by atoms with E-state index in [1.54, 1.807) is 12.3 Å². The molecular formula is C24H25ClN6O2. The number of amides is 1. The number of hydrogen-bond donors (Lipinski definition) is 1. The number of aryl methyl sites for hydroxylation is 1. The van der Waals surface area contributed by atoms with Gasteiger partial charge >= 0.3 is 0 Å². The largest absolute Gasteiger partial charge is 0.368 e. The minimum Gasteiger partial charge on any atom is -0.368 e. The molecule has 0 radical (unpaired) electrons. The minimum absolute atomic E-state index is 0.206. The first kappa shape index (κ1) is 22.5. The van der Waals surface area contributed by atoms with Gasteiger partial charge in [0.2, 0.25) is 0 Å².